The van der Waals surface area contributed by atoms with Gasteiger partial charge in [0.2, 0.25) is 15.9 Å². The Morgan fingerprint density at radius 2 is 1.66 bits per heavy atom. The molecule has 1 aliphatic rings. The van der Waals surface area contributed by atoms with Crippen LogP contribution in [0.2, 0.25) is 0 Å². The van der Waals surface area contributed by atoms with E-state index in [1.165, 1.54) is 16.4 Å². The third-order valence-corrected chi connectivity index (χ3v) is 7.92. The SMILES string of the molecule is COc1cccc(NC(=O)[C@@H](c2ccccc2)N2CCN(S(=O)(=O)c3ccccc3C#N)CC2)c1. The van der Waals surface area contributed by atoms with Gasteiger partial charge in [0, 0.05) is 37.9 Å². The Balaban J connectivity index is 1.54. The van der Waals surface area contributed by atoms with Gasteiger partial charge in [-0.05, 0) is 29.8 Å². The molecule has 1 amide bonds. The van der Waals surface area contributed by atoms with Crippen molar-refractivity contribution in [2.75, 3.05) is 38.6 Å². The van der Waals surface area contributed by atoms with Gasteiger partial charge in [0.1, 0.15) is 17.9 Å². The lowest BCUT2D eigenvalue weighted by Gasteiger charge is -2.38. The number of methoxy groups -OCH3 is 1. The third kappa shape index (κ3) is 5.35. The summed E-state index contributed by atoms with van der Waals surface area (Å²) in [6, 6.07) is 24.1. The lowest BCUT2D eigenvalue weighted by molar-refractivity contribution is -0.122. The summed E-state index contributed by atoms with van der Waals surface area (Å²) in [5, 5.41) is 12.3. The predicted octanol–water partition coefficient (Wildman–Crippen LogP) is 3.25. The van der Waals surface area contributed by atoms with E-state index in [2.05, 4.69) is 5.32 Å². The fourth-order valence-electron chi connectivity index (χ4n) is 4.20. The number of sulfonamides is 1. The molecular weight excluding hydrogens is 464 g/mol. The van der Waals surface area contributed by atoms with Crippen LogP contribution in [-0.2, 0) is 14.8 Å². The maximum absolute atomic E-state index is 13.4. The highest BCUT2D eigenvalue weighted by atomic mass is 32.2. The zero-order chi connectivity index (χ0) is 24.8. The molecule has 4 rings (SSSR count). The van der Waals surface area contributed by atoms with Gasteiger partial charge in [-0.3, -0.25) is 9.69 Å². The van der Waals surface area contributed by atoms with E-state index in [1.807, 2.05) is 41.3 Å². The largest absolute Gasteiger partial charge is 0.497 e. The number of nitriles is 1. The van der Waals surface area contributed by atoms with Crippen molar-refractivity contribution in [3.8, 4) is 11.8 Å². The summed E-state index contributed by atoms with van der Waals surface area (Å²) in [7, 11) is -2.26. The van der Waals surface area contributed by atoms with Gasteiger partial charge < -0.3 is 10.1 Å². The van der Waals surface area contributed by atoms with Gasteiger partial charge in [-0.1, -0.05) is 48.5 Å². The van der Waals surface area contributed by atoms with E-state index < -0.39 is 16.1 Å². The zero-order valence-electron chi connectivity index (χ0n) is 19.3. The third-order valence-electron chi connectivity index (χ3n) is 5.96. The van der Waals surface area contributed by atoms with Crippen LogP contribution >= 0.6 is 0 Å². The fraction of sp³-hybridized carbons (Fsp3) is 0.231. The fourth-order valence-corrected chi connectivity index (χ4v) is 5.76. The van der Waals surface area contributed by atoms with E-state index in [1.54, 1.807) is 43.5 Å². The number of amides is 1. The molecule has 180 valence electrons. The summed E-state index contributed by atoms with van der Waals surface area (Å²) in [6.45, 7) is 1.13. The Morgan fingerprint density at radius 1 is 0.971 bits per heavy atom. The monoisotopic (exact) mass is 490 g/mol. The summed E-state index contributed by atoms with van der Waals surface area (Å²) in [4.78, 5) is 15.4. The number of rotatable bonds is 7. The first-order chi connectivity index (χ1) is 16.9. The van der Waals surface area contributed by atoms with Crippen molar-refractivity contribution in [1.82, 2.24) is 9.21 Å². The van der Waals surface area contributed by atoms with Crippen molar-refractivity contribution in [3.63, 3.8) is 0 Å². The second kappa shape index (κ2) is 10.7. The maximum atomic E-state index is 13.4. The molecule has 1 atom stereocenters. The molecule has 0 saturated carbocycles. The number of hydrogen-bond acceptors (Lipinski definition) is 6. The first kappa shape index (κ1) is 24.4. The van der Waals surface area contributed by atoms with E-state index in [-0.39, 0.29) is 29.5 Å². The van der Waals surface area contributed by atoms with Crippen LogP contribution in [-0.4, -0.2) is 56.8 Å². The van der Waals surface area contributed by atoms with Crippen molar-refractivity contribution < 1.29 is 17.9 Å². The number of nitrogens with one attached hydrogen (secondary N) is 1. The number of hydrogen-bond donors (Lipinski definition) is 1. The molecule has 0 unspecified atom stereocenters. The molecule has 1 aliphatic heterocycles. The Hall–Kier alpha value is -3.71. The summed E-state index contributed by atoms with van der Waals surface area (Å²) < 4.78 is 33.1. The molecule has 1 saturated heterocycles. The number of ether oxygens (including phenoxy) is 1. The smallest absolute Gasteiger partial charge is 0.246 e. The molecule has 8 nitrogen and oxygen atoms in total. The van der Waals surface area contributed by atoms with Crippen LogP contribution in [0.4, 0.5) is 5.69 Å². The van der Waals surface area contributed by atoms with Gasteiger partial charge in [-0.2, -0.15) is 9.57 Å². The number of piperazine rings is 1. The summed E-state index contributed by atoms with van der Waals surface area (Å²) in [5.74, 6) is 0.422. The molecule has 3 aromatic carbocycles. The maximum Gasteiger partial charge on any atom is 0.246 e. The average Bonchev–Trinajstić information content (AvgIpc) is 2.90. The van der Waals surface area contributed by atoms with Gasteiger partial charge in [-0.25, -0.2) is 8.42 Å². The quantitative estimate of drug-likeness (QED) is 0.545. The summed E-state index contributed by atoms with van der Waals surface area (Å²) in [5.41, 5.74) is 1.55. The van der Waals surface area contributed by atoms with Crippen LogP contribution in [0.3, 0.4) is 0 Å². The minimum Gasteiger partial charge on any atom is -0.497 e. The zero-order valence-corrected chi connectivity index (χ0v) is 20.1. The van der Waals surface area contributed by atoms with Crippen molar-refractivity contribution >= 4 is 21.6 Å². The molecule has 3 aromatic rings. The molecule has 1 N–H and O–H groups in total. The van der Waals surface area contributed by atoms with Gasteiger partial charge in [0.15, 0.2) is 0 Å². The van der Waals surface area contributed by atoms with Gasteiger partial charge in [-0.15, -0.1) is 0 Å². The Kier molecular flexibility index (Phi) is 7.46. The molecule has 9 heteroatoms. The highest BCUT2D eigenvalue weighted by Crippen LogP contribution is 2.27. The topological polar surface area (TPSA) is 103 Å². The van der Waals surface area contributed by atoms with E-state index in [0.717, 1.165) is 5.56 Å². The van der Waals surface area contributed by atoms with Crippen LogP contribution in [0.1, 0.15) is 17.2 Å². The first-order valence-corrected chi connectivity index (χ1v) is 12.6. The van der Waals surface area contributed by atoms with Crippen LogP contribution in [0.25, 0.3) is 0 Å². The van der Waals surface area contributed by atoms with E-state index in [9.17, 15) is 18.5 Å². The highest BCUT2D eigenvalue weighted by molar-refractivity contribution is 7.89. The molecule has 0 radical (unpaired) electrons. The molecular formula is C26H26N4O4S. The van der Waals surface area contributed by atoms with Crippen molar-refractivity contribution in [2.24, 2.45) is 0 Å². The lowest BCUT2D eigenvalue weighted by Crippen LogP contribution is -2.51. The van der Waals surface area contributed by atoms with Gasteiger partial charge in [0.25, 0.3) is 0 Å². The predicted molar refractivity (Wildman–Crippen MR) is 132 cm³/mol. The summed E-state index contributed by atoms with van der Waals surface area (Å²) in [6.07, 6.45) is 0. The van der Waals surface area contributed by atoms with Crippen LogP contribution < -0.4 is 10.1 Å². The van der Waals surface area contributed by atoms with Gasteiger partial charge >= 0.3 is 0 Å². The van der Waals surface area contributed by atoms with Crippen LogP contribution in [0.15, 0.2) is 83.8 Å². The standard InChI is InChI=1S/C26H26N4O4S/c1-34-23-12-7-11-22(18-23)28-26(31)25(20-8-3-2-4-9-20)29-14-16-30(17-15-29)35(32,33)24-13-6-5-10-21(24)19-27/h2-13,18,25H,14-17H2,1H3,(H,28,31)/t25-/m1/s1. The lowest BCUT2D eigenvalue weighted by atomic mass is 10.0. The second-order valence-electron chi connectivity index (χ2n) is 8.08. The minimum atomic E-state index is -3.83. The number of carbonyl (C=O) groups is 1. The molecule has 1 heterocycles. The van der Waals surface area contributed by atoms with Crippen LogP contribution in [0, 0.1) is 11.3 Å². The van der Waals surface area contributed by atoms with E-state index >= 15 is 0 Å². The van der Waals surface area contributed by atoms with Crippen molar-refractivity contribution in [1.29, 1.82) is 5.26 Å². The van der Waals surface area contributed by atoms with Crippen LogP contribution in [0.5, 0.6) is 5.75 Å². The van der Waals surface area contributed by atoms with E-state index in [0.29, 0.717) is 24.5 Å². The Morgan fingerprint density at radius 3 is 2.34 bits per heavy atom. The second-order valence-corrected chi connectivity index (χ2v) is 9.99. The number of carbonyl (C=O) groups excluding carboxylic acids is 1. The molecule has 1 fully saturated rings. The highest BCUT2D eigenvalue weighted by Gasteiger charge is 2.35. The molecule has 0 aromatic heterocycles. The molecule has 35 heavy (non-hydrogen) atoms. The normalized spacial score (nSPS) is 15.7. The Bertz CT molecular complexity index is 1330. The summed E-state index contributed by atoms with van der Waals surface area (Å²) >= 11 is 0. The average molecular weight is 491 g/mol. The minimum absolute atomic E-state index is 0.00586. The number of benzene rings is 3. The molecule has 0 spiro atoms. The first-order valence-electron chi connectivity index (χ1n) is 11.2. The molecule has 0 bridgehead atoms. The van der Waals surface area contributed by atoms with Gasteiger partial charge in [0.05, 0.1) is 17.6 Å². The van der Waals surface area contributed by atoms with Crippen molar-refractivity contribution in [2.45, 2.75) is 10.9 Å². The Labute approximate surface area is 205 Å². The molecule has 0 aliphatic carbocycles. The van der Waals surface area contributed by atoms with E-state index in [4.69, 9.17) is 4.74 Å². The number of anilines is 1. The number of nitrogens with zero attached hydrogens (tertiary/aromatic N) is 3. The van der Waals surface area contributed by atoms with Crippen molar-refractivity contribution in [3.05, 3.63) is 90.0 Å².